The molecule has 0 fully saturated rings. The first-order chi connectivity index (χ1) is 18.8. The van der Waals surface area contributed by atoms with Gasteiger partial charge in [-0.2, -0.15) is 0 Å². The first-order valence-electron chi connectivity index (χ1n) is 12.0. The third-order valence-electron chi connectivity index (χ3n) is 6.54. The molecular weight excluding hydrogens is 567 g/mol. The molecule has 0 spiro atoms. The predicted octanol–water partition coefficient (Wildman–Crippen LogP) is 6.60. The Morgan fingerprint density at radius 3 is 2.45 bits per heavy atom. The number of carbonyl (C=O) groups excluding carboxylic acids is 1. The van der Waals surface area contributed by atoms with Crippen LogP contribution in [0.5, 0.6) is 11.5 Å². The second-order valence-electron chi connectivity index (χ2n) is 9.75. The maximum atomic E-state index is 13.7. The number of aromatic nitrogens is 3. The lowest BCUT2D eigenvalue weighted by molar-refractivity contribution is -0.286. The first-order valence-corrected chi connectivity index (χ1v) is 12.7. The zero-order valence-electron chi connectivity index (χ0n) is 21.1. The van der Waals surface area contributed by atoms with Crippen molar-refractivity contribution in [2.75, 3.05) is 0 Å². The number of carbonyl (C=O) groups is 2. The van der Waals surface area contributed by atoms with Crippen molar-refractivity contribution in [3.8, 4) is 22.6 Å². The Morgan fingerprint density at radius 2 is 1.75 bits per heavy atom. The number of carboxylic acids is 1. The molecule has 0 amide bonds. The number of hydrogen-bond acceptors (Lipinski definition) is 6. The number of ketones is 1. The van der Waals surface area contributed by atoms with Gasteiger partial charge in [-0.05, 0) is 49.2 Å². The highest BCUT2D eigenvalue weighted by molar-refractivity contribution is 6.35. The number of aliphatic carboxylic acids is 1. The molecule has 1 aliphatic heterocycles. The average Bonchev–Trinajstić information content (AvgIpc) is 3.49. The zero-order valence-corrected chi connectivity index (χ0v) is 22.6. The van der Waals surface area contributed by atoms with Gasteiger partial charge >= 0.3 is 12.3 Å². The summed E-state index contributed by atoms with van der Waals surface area (Å²) in [5.74, 6) is -1.70. The number of fused-ring (bicyclic) bond motifs is 1. The molecule has 206 valence electrons. The van der Waals surface area contributed by atoms with Gasteiger partial charge in [-0.25, -0.2) is 9.48 Å². The van der Waals surface area contributed by atoms with Crippen LogP contribution in [0.25, 0.3) is 11.1 Å². The normalized spacial score (nSPS) is 14.7. The monoisotopic (exact) mass is 587 g/mol. The van der Waals surface area contributed by atoms with E-state index in [2.05, 4.69) is 15.0 Å². The van der Waals surface area contributed by atoms with E-state index in [4.69, 9.17) is 27.9 Å². The molecule has 8 nitrogen and oxygen atoms in total. The molecule has 1 N–H and O–H groups in total. The van der Waals surface area contributed by atoms with Crippen LogP contribution >= 0.6 is 23.2 Å². The Bertz CT molecular complexity index is 1620. The zero-order chi connectivity index (χ0) is 28.8. The summed E-state index contributed by atoms with van der Waals surface area (Å²) in [5.41, 5.74) is 0.857. The van der Waals surface area contributed by atoms with E-state index in [-0.39, 0.29) is 35.0 Å². The standard InChI is InChI=1S/C28H21Cl2F2N3O5/c1-27(2,25(36)17-11-18(29)13-19(30)12-17)23-14-35(34-33-23)21(26(37)38)10-15-5-3-6-16(9-15)20-7-4-8-22-24(20)40-28(31,32)39-22/h3-9,11-14,21H,10H2,1-2H3,(H,37,38). The summed E-state index contributed by atoms with van der Waals surface area (Å²) in [5, 5.41) is 18.7. The van der Waals surface area contributed by atoms with Gasteiger partial charge in [-0.15, -0.1) is 13.9 Å². The van der Waals surface area contributed by atoms with E-state index in [9.17, 15) is 23.5 Å². The lowest BCUT2D eigenvalue weighted by Crippen LogP contribution is -2.30. The maximum Gasteiger partial charge on any atom is 0.586 e. The third kappa shape index (κ3) is 5.37. The van der Waals surface area contributed by atoms with Gasteiger partial charge in [-0.3, -0.25) is 4.79 Å². The van der Waals surface area contributed by atoms with Gasteiger partial charge in [0, 0.05) is 27.6 Å². The van der Waals surface area contributed by atoms with E-state index in [1.54, 1.807) is 50.2 Å². The van der Waals surface area contributed by atoms with Crippen LogP contribution in [-0.4, -0.2) is 38.1 Å². The molecule has 0 radical (unpaired) electrons. The van der Waals surface area contributed by atoms with Gasteiger partial charge in [0.25, 0.3) is 0 Å². The fourth-order valence-corrected chi connectivity index (χ4v) is 4.98. The maximum absolute atomic E-state index is 13.7. The van der Waals surface area contributed by atoms with Crippen molar-refractivity contribution in [2.45, 2.75) is 38.0 Å². The van der Waals surface area contributed by atoms with Gasteiger partial charge in [-0.1, -0.05) is 64.8 Å². The molecule has 4 aromatic rings. The van der Waals surface area contributed by atoms with E-state index in [1.165, 1.54) is 35.1 Å². The summed E-state index contributed by atoms with van der Waals surface area (Å²) in [7, 11) is 0. The highest BCUT2D eigenvalue weighted by Gasteiger charge is 2.44. The van der Waals surface area contributed by atoms with Crippen LogP contribution in [0.1, 0.15) is 41.5 Å². The molecular formula is C28H21Cl2F2N3O5. The number of halogens is 4. The van der Waals surface area contributed by atoms with Crippen LogP contribution in [0, 0.1) is 0 Å². The summed E-state index contributed by atoms with van der Waals surface area (Å²) in [4.78, 5) is 25.6. The molecule has 1 unspecified atom stereocenters. The van der Waals surface area contributed by atoms with E-state index in [1.807, 2.05) is 0 Å². The fraction of sp³-hybridized carbons (Fsp3) is 0.214. The van der Waals surface area contributed by atoms with E-state index >= 15 is 0 Å². The number of Topliss-reactive ketones (excluding diaryl/α,β-unsaturated/α-hetero) is 1. The SMILES string of the molecule is CC(C)(C(=O)c1cc(Cl)cc(Cl)c1)c1cn(C(Cc2cccc(-c3cccc4c3OC(F)(F)O4)c2)C(=O)O)nn1. The van der Waals surface area contributed by atoms with E-state index in [0.29, 0.717) is 26.7 Å². The Morgan fingerprint density at radius 1 is 1.05 bits per heavy atom. The van der Waals surface area contributed by atoms with Crippen molar-refractivity contribution in [3.05, 3.63) is 93.7 Å². The molecule has 5 rings (SSSR count). The largest absolute Gasteiger partial charge is 0.586 e. The molecule has 0 aliphatic carbocycles. The summed E-state index contributed by atoms with van der Waals surface area (Å²) >= 11 is 12.1. The van der Waals surface area contributed by atoms with Gasteiger partial charge in [0.05, 0.1) is 17.3 Å². The Balaban J connectivity index is 1.41. The number of para-hydroxylation sites is 1. The average molecular weight is 588 g/mol. The second kappa shape index (κ2) is 10.2. The summed E-state index contributed by atoms with van der Waals surface area (Å²) < 4.78 is 37.8. The fourth-order valence-electron chi connectivity index (χ4n) is 4.46. The molecule has 1 atom stereocenters. The number of benzene rings is 3. The molecule has 3 aromatic carbocycles. The van der Waals surface area contributed by atoms with Crippen molar-refractivity contribution in [1.29, 1.82) is 0 Å². The Labute approximate surface area is 237 Å². The van der Waals surface area contributed by atoms with Crippen molar-refractivity contribution in [2.24, 2.45) is 0 Å². The number of hydrogen-bond donors (Lipinski definition) is 1. The minimum absolute atomic E-state index is 0.00715. The highest BCUT2D eigenvalue weighted by atomic mass is 35.5. The lowest BCUT2D eigenvalue weighted by Gasteiger charge is -2.20. The number of carboxylic acid groups (broad SMARTS) is 1. The molecule has 0 saturated heterocycles. The van der Waals surface area contributed by atoms with Crippen molar-refractivity contribution >= 4 is 35.0 Å². The predicted molar refractivity (Wildman–Crippen MR) is 142 cm³/mol. The molecule has 1 aliphatic rings. The van der Waals surface area contributed by atoms with Crippen LogP contribution in [0.2, 0.25) is 10.0 Å². The van der Waals surface area contributed by atoms with Crippen LogP contribution in [0.4, 0.5) is 8.78 Å². The Kier molecular flexibility index (Phi) is 7.01. The lowest BCUT2D eigenvalue weighted by atomic mass is 9.81. The molecule has 2 heterocycles. The molecule has 0 saturated carbocycles. The minimum atomic E-state index is -3.77. The van der Waals surface area contributed by atoms with E-state index < -0.39 is 23.7 Å². The van der Waals surface area contributed by atoms with E-state index in [0.717, 1.165) is 0 Å². The van der Waals surface area contributed by atoms with Crippen molar-refractivity contribution in [1.82, 2.24) is 15.0 Å². The summed E-state index contributed by atoms with van der Waals surface area (Å²) in [6.45, 7) is 3.29. The Hall–Kier alpha value is -4.02. The van der Waals surface area contributed by atoms with Crippen LogP contribution in [-0.2, 0) is 16.6 Å². The van der Waals surface area contributed by atoms with Crippen LogP contribution in [0.15, 0.2) is 66.9 Å². The highest BCUT2D eigenvalue weighted by Crippen LogP contribution is 2.47. The number of alkyl halides is 2. The van der Waals surface area contributed by atoms with Gasteiger partial charge in [0.15, 0.2) is 23.3 Å². The van der Waals surface area contributed by atoms with Gasteiger partial charge in [0.1, 0.15) is 0 Å². The molecule has 0 bridgehead atoms. The molecule has 12 heteroatoms. The summed E-state index contributed by atoms with van der Waals surface area (Å²) in [6.07, 6.45) is -2.36. The number of nitrogens with zero attached hydrogens (tertiary/aromatic N) is 3. The summed E-state index contributed by atoms with van der Waals surface area (Å²) in [6, 6.07) is 14.6. The van der Waals surface area contributed by atoms with Crippen LogP contribution in [0.3, 0.4) is 0 Å². The van der Waals surface area contributed by atoms with Gasteiger partial charge < -0.3 is 14.6 Å². The van der Waals surface area contributed by atoms with Crippen molar-refractivity contribution in [3.63, 3.8) is 0 Å². The smallest absolute Gasteiger partial charge is 0.480 e. The molecule has 1 aromatic heterocycles. The first kappa shape index (κ1) is 27.5. The van der Waals surface area contributed by atoms with Gasteiger partial charge in [0.2, 0.25) is 0 Å². The topological polar surface area (TPSA) is 104 Å². The number of ether oxygens (including phenoxy) is 2. The third-order valence-corrected chi connectivity index (χ3v) is 6.98. The minimum Gasteiger partial charge on any atom is -0.480 e. The van der Waals surface area contributed by atoms with Crippen LogP contribution < -0.4 is 9.47 Å². The quantitative estimate of drug-likeness (QED) is 0.231. The molecule has 40 heavy (non-hydrogen) atoms. The number of rotatable bonds is 8. The van der Waals surface area contributed by atoms with Crippen molar-refractivity contribution < 1.29 is 33.0 Å². The second-order valence-corrected chi connectivity index (χ2v) is 10.6.